The van der Waals surface area contributed by atoms with Crippen molar-refractivity contribution in [1.29, 1.82) is 0 Å². The summed E-state index contributed by atoms with van der Waals surface area (Å²) in [4.78, 5) is 24.3. The molecule has 1 unspecified atom stereocenters. The molecule has 1 atom stereocenters. The average Bonchev–Trinajstić information content (AvgIpc) is 3.24. The zero-order chi connectivity index (χ0) is 19.2. The van der Waals surface area contributed by atoms with E-state index >= 15 is 0 Å². The highest BCUT2D eigenvalue weighted by Gasteiger charge is 2.31. The number of aryl methyl sites for hydroxylation is 2. The second-order valence-electron chi connectivity index (χ2n) is 8.85. The minimum Gasteiger partial charge on any atom is -0.351 e. The van der Waals surface area contributed by atoms with Gasteiger partial charge in [-0.3, -0.25) is 4.79 Å². The van der Waals surface area contributed by atoms with Crippen molar-refractivity contribution < 1.29 is 0 Å². The van der Waals surface area contributed by atoms with Crippen LogP contribution in [0.25, 0.3) is 0 Å². The van der Waals surface area contributed by atoms with Crippen molar-refractivity contribution in [2.24, 2.45) is 0 Å². The zero-order valence-electron chi connectivity index (χ0n) is 16.8. The molecule has 4 rings (SSSR count). The zero-order valence-corrected chi connectivity index (χ0v) is 16.8. The number of aromatic nitrogens is 4. The highest BCUT2D eigenvalue weighted by Crippen LogP contribution is 2.33. The van der Waals surface area contributed by atoms with E-state index in [-0.39, 0.29) is 17.0 Å². The lowest BCUT2D eigenvalue weighted by Crippen LogP contribution is -2.38. The van der Waals surface area contributed by atoms with Crippen LogP contribution in [0.1, 0.15) is 62.8 Å². The fourth-order valence-corrected chi connectivity index (χ4v) is 4.25. The van der Waals surface area contributed by atoms with Crippen LogP contribution in [0, 0.1) is 6.92 Å². The molecule has 1 aliphatic carbocycles. The van der Waals surface area contributed by atoms with Crippen LogP contribution in [0.15, 0.2) is 16.9 Å². The van der Waals surface area contributed by atoms with E-state index in [1.165, 1.54) is 11.3 Å². The van der Waals surface area contributed by atoms with Crippen LogP contribution in [0.4, 0.5) is 5.82 Å². The largest absolute Gasteiger partial charge is 0.351 e. The van der Waals surface area contributed by atoms with Crippen LogP contribution in [0.2, 0.25) is 0 Å². The molecule has 27 heavy (non-hydrogen) atoms. The minimum atomic E-state index is -0.0740. The Labute approximate surface area is 160 Å². The molecule has 1 fully saturated rings. The van der Waals surface area contributed by atoms with Gasteiger partial charge in [0.05, 0.1) is 18.3 Å². The summed E-state index contributed by atoms with van der Waals surface area (Å²) in [5.74, 6) is 1.94. The maximum absolute atomic E-state index is 12.4. The van der Waals surface area contributed by atoms with Crippen molar-refractivity contribution in [1.82, 2.24) is 19.7 Å². The first kappa shape index (κ1) is 18.1. The molecule has 0 spiro atoms. The highest BCUT2D eigenvalue weighted by molar-refractivity contribution is 5.52. The standard InChI is InChI=1S/C21H29N5O/c1-14-22-17-9-5-8-16(17)20(23-14)25-12-6-7-15(25)13-26-19(27)11-10-18(24-26)21(2,3)4/h10-11,15H,5-9,12-13H2,1-4H3. The second-order valence-corrected chi connectivity index (χ2v) is 8.85. The third kappa shape index (κ3) is 3.49. The molecular formula is C21H29N5O. The van der Waals surface area contributed by atoms with Crippen molar-refractivity contribution in [2.45, 2.75) is 77.8 Å². The second kappa shape index (κ2) is 6.73. The van der Waals surface area contributed by atoms with Gasteiger partial charge in [0, 0.05) is 29.3 Å². The van der Waals surface area contributed by atoms with Crippen molar-refractivity contribution >= 4 is 5.82 Å². The van der Waals surface area contributed by atoms with E-state index in [0.717, 1.165) is 56.0 Å². The van der Waals surface area contributed by atoms with E-state index in [1.807, 2.05) is 13.0 Å². The van der Waals surface area contributed by atoms with Crippen LogP contribution >= 0.6 is 0 Å². The summed E-state index contributed by atoms with van der Waals surface area (Å²) in [6.07, 6.45) is 5.46. The van der Waals surface area contributed by atoms with E-state index in [9.17, 15) is 4.79 Å². The smallest absolute Gasteiger partial charge is 0.266 e. The molecule has 6 nitrogen and oxygen atoms in total. The normalized spacial score (nSPS) is 19.6. The first-order valence-electron chi connectivity index (χ1n) is 10.0. The van der Waals surface area contributed by atoms with Gasteiger partial charge in [0.15, 0.2) is 0 Å². The van der Waals surface area contributed by atoms with E-state index in [2.05, 4.69) is 35.8 Å². The lowest BCUT2D eigenvalue weighted by atomic mass is 9.92. The lowest BCUT2D eigenvalue weighted by Gasteiger charge is -2.28. The quantitative estimate of drug-likeness (QED) is 0.835. The van der Waals surface area contributed by atoms with E-state index < -0.39 is 0 Å². The average molecular weight is 367 g/mol. The monoisotopic (exact) mass is 367 g/mol. The Bertz CT molecular complexity index is 912. The van der Waals surface area contributed by atoms with Gasteiger partial charge in [-0.05, 0) is 45.1 Å². The van der Waals surface area contributed by atoms with Crippen LogP contribution in [-0.2, 0) is 24.8 Å². The van der Waals surface area contributed by atoms with Crippen LogP contribution in [0.3, 0.4) is 0 Å². The molecule has 0 N–H and O–H groups in total. The molecule has 0 bridgehead atoms. The van der Waals surface area contributed by atoms with Gasteiger partial charge < -0.3 is 4.90 Å². The number of anilines is 1. The molecular weight excluding hydrogens is 338 g/mol. The van der Waals surface area contributed by atoms with Crippen molar-refractivity contribution in [3.63, 3.8) is 0 Å². The predicted molar refractivity (Wildman–Crippen MR) is 106 cm³/mol. The molecule has 0 aromatic carbocycles. The van der Waals surface area contributed by atoms with Gasteiger partial charge in [-0.25, -0.2) is 14.6 Å². The molecule has 2 aromatic rings. The predicted octanol–water partition coefficient (Wildman–Crippen LogP) is 2.80. The molecule has 144 valence electrons. The molecule has 1 saturated heterocycles. The summed E-state index contributed by atoms with van der Waals surface area (Å²) < 4.78 is 1.65. The number of nitrogens with zero attached hydrogens (tertiary/aromatic N) is 5. The maximum Gasteiger partial charge on any atom is 0.266 e. The Hall–Kier alpha value is -2.24. The third-order valence-electron chi connectivity index (χ3n) is 5.69. The number of fused-ring (bicyclic) bond motifs is 1. The Morgan fingerprint density at radius 1 is 1.15 bits per heavy atom. The molecule has 3 heterocycles. The molecule has 0 amide bonds. The molecule has 0 saturated carbocycles. The van der Waals surface area contributed by atoms with Crippen LogP contribution in [0.5, 0.6) is 0 Å². The summed E-state index contributed by atoms with van der Waals surface area (Å²) in [6, 6.07) is 3.76. The number of hydrogen-bond donors (Lipinski definition) is 0. The van der Waals surface area contributed by atoms with Crippen LogP contribution < -0.4 is 10.5 Å². The lowest BCUT2D eigenvalue weighted by molar-refractivity contribution is 0.456. The Balaban J connectivity index is 1.65. The fourth-order valence-electron chi connectivity index (χ4n) is 4.25. The summed E-state index contributed by atoms with van der Waals surface area (Å²) >= 11 is 0. The minimum absolute atomic E-state index is 0.0288. The SMILES string of the molecule is Cc1nc2c(c(N3CCCC3Cn3nc(C(C)(C)C)ccc3=O)n1)CCC2. The maximum atomic E-state index is 12.4. The molecule has 2 aromatic heterocycles. The van der Waals surface area contributed by atoms with Gasteiger partial charge in [-0.1, -0.05) is 20.8 Å². The van der Waals surface area contributed by atoms with Gasteiger partial charge in [-0.15, -0.1) is 0 Å². The Kier molecular flexibility index (Phi) is 4.52. The van der Waals surface area contributed by atoms with E-state index in [1.54, 1.807) is 10.7 Å². The van der Waals surface area contributed by atoms with Crippen LogP contribution in [-0.4, -0.2) is 32.3 Å². The molecule has 1 aliphatic heterocycles. The molecule has 2 aliphatic rings. The fraction of sp³-hybridized carbons (Fsp3) is 0.619. The highest BCUT2D eigenvalue weighted by atomic mass is 16.1. The molecule has 6 heteroatoms. The van der Waals surface area contributed by atoms with Gasteiger partial charge in [0.1, 0.15) is 11.6 Å². The summed E-state index contributed by atoms with van der Waals surface area (Å²) in [5.41, 5.74) is 3.38. The topological polar surface area (TPSA) is 63.9 Å². The van der Waals surface area contributed by atoms with E-state index in [4.69, 9.17) is 4.98 Å². The van der Waals surface area contributed by atoms with E-state index in [0.29, 0.717) is 6.54 Å². The molecule has 0 radical (unpaired) electrons. The third-order valence-corrected chi connectivity index (χ3v) is 5.69. The Morgan fingerprint density at radius 2 is 1.96 bits per heavy atom. The summed E-state index contributed by atoms with van der Waals surface area (Å²) in [5, 5.41) is 4.67. The summed E-state index contributed by atoms with van der Waals surface area (Å²) in [6.45, 7) is 9.95. The first-order chi connectivity index (χ1) is 12.8. The number of rotatable bonds is 3. The van der Waals surface area contributed by atoms with Gasteiger partial charge in [0.25, 0.3) is 5.56 Å². The van der Waals surface area contributed by atoms with Crippen molar-refractivity contribution in [2.75, 3.05) is 11.4 Å². The number of hydrogen-bond acceptors (Lipinski definition) is 5. The van der Waals surface area contributed by atoms with Gasteiger partial charge in [0.2, 0.25) is 0 Å². The van der Waals surface area contributed by atoms with Gasteiger partial charge in [-0.2, -0.15) is 5.10 Å². The summed E-state index contributed by atoms with van der Waals surface area (Å²) in [7, 11) is 0. The first-order valence-corrected chi connectivity index (χ1v) is 10.0. The Morgan fingerprint density at radius 3 is 2.74 bits per heavy atom. The van der Waals surface area contributed by atoms with Crippen molar-refractivity contribution in [3.05, 3.63) is 45.3 Å². The van der Waals surface area contributed by atoms with Crippen molar-refractivity contribution in [3.8, 4) is 0 Å². The van der Waals surface area contributed by atoms with Gasteiger partial charge >= 0.3 is 0 Å².